The van der Waals surface area contributed by atoms with Crippen molar-refractivity contribution in [2.75, 3.05) is 0 Å². The maximum Gasteiger partial charge on any atom is 0.0541 e. The van der Waals surface area contributed by atoms with Gasteiger partial charge in [-0.3, -0.25) is 0 Å². The Labute approximate surface area is 108 Å². The number of rotatable bonds is 3. The Balaban J connectivity index is 1.83. The van der Waals surface area contributed by atoms with E-state index in [-0.39, 0.29) is 6.10 Å². The fraction of sp³-hybridized carbons (Fsp3) is 0.571. The summed E-state index contributed by atoms with van der Waals surface area (Å²) < 4.78 is 0. The molecule has 0 aliphatic heterocycles. The normalized spacial score (nSPS) is 24.9. The Hall–Kier alpha value is -0.570. The molecule has 2 N–H and O–H groups in total. The molecule has 1 saturated carbocycles. The van der Waals surface area contributed by atoms with E-state index in [1.165, 1.54) is 5.56 Å². The monoisotopic (exact) mass is 253 g/mol. The summed E-state index contributed by atoms with van der Waals surface area (Å²) in [5.41, 5.74) is 2.41. The van der Waals surface area contributed by atoms with E-state index in [1.807, 2.05) is 13.0 Å². The summed E-state index contributed by atoms with van der Waals surface area (Å²) in [6, 6.07) is 6.71. The van der Waals surface area contributed by atoms with Crippen LogP contribution < -0.4 is 5.32 Å². The summed E-state index contributed by atoms with van der Waals surface area (Å²) in [6.07, 6.45) is 3.93. The van der Waals surface area contributed by atoms with Crippen LogP contribution in [0, 0.1) is 6.92 Å². The highest BCUT2D eigenvalue weighted by Crippen LogP contribution is 2.20. The van der Waals surface area contributed by atoms with Gasteiger partial charge < -0.3 is 10.4 Å². The minimum absolute atomic E-state index is 0.0779. The van der Waals surface area contributed by atoms with Crippen LogP contribution in [-0.4, -0.2) is 17.3 Å². The van der Waals surface area contributed by atoms with Gasteiger partial charge in [0.15, 0.2) is 0 Å². The highest BCUT2D eigenvalue weighted by molar-refractivity contribution is 6.31. The van der Waals surface area contributed by atoms with E-state index < -0.39 is 0 Å². The molecule has 0 aromatic heterocycles. The summed E-state index contributed by atoms with van der Waals surface area (Å²) in [4.78, 5) is 0. The number of halogens is 1. The van der Waals surface area contributed by atoms with Crippen LogP contribution in [0.4, 0.5) is 0 Å². The first kappa shape index (κ1) is 12.9. The van der Waals surface area contributed by atoms with Crippen LogP contribution >= 0.6 is 11.6 Å². The lowest BCUT2D eigenvalue weighted by atomic mass is 9.93. The van der Waals surface area contributed by atoms with Gasteiger partial charge in [0.05, 0.1) is 6.10 Å². The zero-order valence-corrected chi connectivity index (χ0v) is 11.0. The topological polar surface area (TPSA) is 32.3 Å². The van der Waals surface area contributed by atoms with E-state index in [9.17, 15) is 5.11 Å². The second kappa shape index (κ2) is 5.85. The number of aryl methyl sites for hydroxylation is 1. The third-order valence-corrected chi connectivity index (χ3v) is 3.94. The van der Waals surface area contributed by atoms with Crippen molar-refractivity contribution >= 4 is 11.6 Å². The first-order chi connectivity index (χ1) is 8.15. The first-order valence-corrected chi connectivity index (χ1v) is 6.69. The molecule has 0 bridgehead atoms. The average molecular weight is 254 g/mol. The lowest BCUT2D eigenvalue weighted by Crippen LogP contribution is -2.34. The predicted molar refractivity (Wildman–Crippen MR) is 71.3 cm³/mol. The zero-order valence-electron chi connectivity index (χ0n) is 10.2. The van der Waals surface area contributed by atoms with Crippen molar-refractivity contribution in [3.8, 4) is 0 Å². The quantitative estimate of drug-likeness (QED) is 0.868. The molecule has 0 unspecified atom stereocenters. The minimum atomic E-state index is -0.0779. The Bertz CT molecular complexity index is 372. The van der Waals surface area contributed by atoms with Gasteiger partial charge in [0.2, 0.25) is 0 Å². The summed E-state index contributed by atoms with van der Waals surface area (Å²) in [5, 5.41) is 13.8. The molecule has 3 heteroatoms. The van der Waals surface area contributed by atoms with Crippen molar-refractivity contribution in [1.82, 2.24) is 5.32 Å². The molecule has 0 saturated heterocycles. The fourth-order valence-corrected chi connectivity index (χ4v) is 2.48. The van der Waals surface area contributed by atoms with Crippen LogP contribution in [0.1, 0.15) is 36.8 Å². The maximum absolute atomic E-state index is 9.44. The van der Waals surface area contributed by atoms with E-state index >= 15 is 0 Å². The summed E-state index contributed by atoms with van der Waals surface area (Å²) in [5.74, 6) is 0. The average Bonchev–Trinajstić information content (AvgIpc) is 2.33. The number of hydrogen-bond acceptors (Lipinski definition) is 2. The Morgan fingerprint density at radius 1 is 1.29 bits per heavy atom. The highest BCUT2D eigenvalue weighted by Gasteiger charge is 2.18. The van der Waals surface area contributed by atoms with Gasteiger partial charge in [0.25, 0.3) is 0 Å². The molecule has 1 aromatic rings. The molecule has 2 nitrogen and oxygen atoms in total. The number of benzene rings is 1. The van der Waals surface area contributed by atoms with Crippen LogP contribution in [0.25, 0.3) is 0 Å². The smallest absolute Gasteiger partial charge is 0.0541 e. The van der Waals surface area contributed by atoms with Crippen molar-refractivity contribution < 1.29 is 5.11 Å². The van der Waals surface area contributed by atoms with Gasteiger partial charge in [-0.15, -0.1) is 0 Å². The van der Waals surface area contributed by atoms with Crippen molar-refractivity contribution in [3.05, 3.63) is 34.3 Å². The van der Waals surface area contributed by atoms with Crippen molar-refractivity contribution in [3.63, 3.8) is 0 Å². The predicted octanol–water partition coefficient (Wildman–Crippen LogP) is 3.04. The molecule has 0 heterocycles. The molecule has 0 radical (unpaired) electrons. The number of nitrogens with one attached hydrogen (secondary N) is 1. The largest absolute Gasteiger partial charge is 0.393 e. The molecule has 0 spiro atoms. The van der Waals surface area contributed by atoms with E-state index in [0.29, 0.717) is 6.04 Å². The first-order valence-electron chi connectivity index (χ1n) is 6.31. The van der Waals surface area contributed by atoms with E-state index in [1.54, 1.807) is 0 Å². The summed E-state index contributed by atoms with van der Waals surface area (Å²) >= 11 is 6.00. The van der Waals surface area contributed by atoms with Crippen LogP contribution in [0.2, 0.25) is 5.02 Å². The Morgan fingerprint density at radius 2 is 2.00 bits per heavy atom. The molecule has 17 heavy (non-hydrogen) atoms. The van der Waals surface area contributed by atoms with Gasteiger partial charge in [0.1, 0.15) is 0 Å². The maximum atomic E-state index is 9.44. The van der Waals surface area contributed by atoms with Crippen LogP contribution in [-0.2, 0) is 6.54 Å². The van der Waals surface area contributed by atoms with Crippen molar-refractivity contribution in [1.29, 1.82) is 0 Å². The Morgan fingerprint density at radius 3 is 2.65 bits per heavy atom. The minimum Gasteiger partial charge on any atom is -0.393 e. The third kappa shape index (κ3) is 3.70. The fourth-order valence-electron chi connectivity index (χ4n) is 2.36. The molecule has 94 valence electrons. The lowest BCUT2D eigenvalue weighted by molar-refractivity contribution is 0.116. The van der Waals surface area contributed by atoms with E-state index in [2.05, 4.69) is 17.4 Å². The molecule has 1 aliphatic carbocycles. The van der Waals surface area contributed by atoms with Gasteiger partial charge in [-0.25, -0.2) is 0 Å². The molecular formula is C14H20ClNO. The van der Waals surface area contributed by atoms with Crippen molar-refractivity contribution in [2.45, 2.75) is 51.3 Å². The molecule has 2 rings (SSSR count). The van der Waals surface area contributed by atoms with Gasteiger partial charge in [-0.1, -0.05) is 23.7 Å². The SMILES string of the molecule is Cc1cc(CNC2CCC(O)CC2)ccc1Cl. The third-order valence-electron chi connectivity index (χ3n) is 3.51. The van der Waals surface area contributed by atoms with E-state index in [4.69, 9.17) is 11.6 Å². The van der Waals surface area contributed by atoms with Gasteiger partial charge >= 0.3 is 0 Å². The molecule has 1 aromatic carbocycles. The molecule has 0 amide bonds. The highest BCUT2D eigenvalue weighted by atomic mass is 35.5. The molecular weight excluding hydrogens is 234 g/mol. The Kier molecular flexibility index (Phi) is 4.43. The van der Waals surface area contributed by atoms with Crippen LogP contribution in [0.3, 0.4) is 0 Å². The van der Waals surface area contributed by atoms with Crippen LogP contribution in [0.5, 0.6) is 0 Å². The summed E-state index contributed by atoms with van der Waals surface area (Å²) in [7, 11) is 0. The number of aliphatic hydroxyl groups excluding tert-OH is 1. The number of aliphatic hydroxyl groups is 1. The molecule has 1 fully saturated rings. The van der Waals surface area contributed by atoms with Gasteiger partial charge in [-0.2, -0.15) is 0 Å². The van der Waals surface area contributed by atoms with Crippen molar-refractivity contribution in [2.24, 2.45) is 0 Å². The van der Waals surface area contributed by atoms with Gasteiger partial charge in [0, 0.05) is 17.6 Å². The molecule has 1 aliphatic rings. The van der Waals surface area contributed by atoms with Crippen LogP contribution in [0.15, 0.2) is 18.2 Å². The van der Waals surface area contributed by atoms with E-state index in [0.717, 1.165) is 42.8 Å². The standard InChI is InChI=1S/C14H20ClNO/c1-10-8-11(2-7-14(10)15)9-16-12-3-5-13(17)6-4-12/h2,7-8,12-13,16-17H,3-6,9H2,1H3. The molecule has 0 atom stereocenters. The van der Waals surface area contributed by atoms with Gasteiger partial charge in [-0.05, 0) is 49.8 Å². The second-order valence-electron chi connectivity index (χ2n) is 4.97. The number of hydrogen-bond donors (Lipinski definition) is 2. The lowest BCUT2D eigenvalue weighted by Gasteiger charge is -2.26. The second-order valence-corrected chi connectivity index (χ2v) is 5.38. The summed E-state index contributed by atoms with van der Waals surface area (Å²) in [6.45, 7) is 2.92. The zero-order chi connectivity index (χ0) is 12.3.